The summed E-state index contributed by atoms with van der Waals surface area (Å²) in [6.07, 6.45) is 4.85. The van der Waals surface area contributed by atoms with Gasteiger partial charge in [-0.3, -0.25) is 9.59 Å². The van der Waals surface area contributed by atoms with E-state index >= 15 is 0 Å². The fraction of sp³-hybridized carbons (Fsp3) is 0.700. The lowest BCUT2D eigenvalue weighted by atomic mass is 9.93. The van der Waals surface area contributed by atoms with Crippen LogP contribution in [0.1, 0.15) is 73.7 Å². The number of amides is 2. The van der Waals surface area contributed by atoms with Crippen LogP contribution in [0.15, 0.2) is 10.5 Å². The number of carbonyl (C=O) groups excluding carboxylic acids is 2. The molecule has 2 aliphatic heterocycles. The normalized spacial score (nSPS) is 19.3. The Bertz CT molecular complexity index is 627. The molecule has 3 heterocycles. The lowest BCUT2D eigenvalue weighted by molar-refractivity contribution is -0.127. The Hall–Kier alpha value is -1.78. The molecule has 5 heteroatoms. The van der Waals surface area contributed by atoms with Crippen molar-refractivity contribution in [1.82, 2.24) is 9.80 Å². The summed E-state index contributed by atoms with van der Waals surface area (Å²) < 4.78 is 5.73. The first-order valence-electron chi connectivity index (χ1n) is 9.63. The van der Waals surface area contributed by atoms with Crippen LogP contribution in [-0.2, 0) is 4.79 Å². The third kappa shape index (κ3) is 4.07. The average Bonchev–Trinajstić information content (AvgIpc) is 3.18. The lowest BCUT2D eigenvalue weighted by Crippen LogP contribution is -2.39. The molecule has 3 rings (SSSR count). The number of hydrogen-bond acceptors (Lipinski definition) is 3. The number of rotatable bonds is 5. The third-order valence-electron chi connectivity index (χ3n) is 5.62. The summed E-state index contributed by atoms with van der Waals surface area (Å²) in [6, 6.07) is 1.91. The highest BCUT2D eigenvalue weighted by Gasteiger charge is 2.27. The van der Waals surface area contributed by atoms with E-state index in [2.05, 4.69) is 13.8 Å². The fourth-order valence-corrected chi connectivity index (χ4v) is 3.88. The van der Waals surface area contributed by atoms with Crippen molar-refractivity contribution in [2.24, 2.45) is 5.92 Å². The average molecular weight is 346 g/mol. The van der Waals surface area contributed by atoms with Gasteiger partial charge in [-0.05, 0) is 44.6 Å². The Balaban J connectivity index is 1.50. The van der Waals surface area contributed by atoms with Crippen molar-refractivity contribution in [3.63, 3.8) is 0 Å². The van der Waals surface area contributed by atoms with Gasteiger partial charge in [0.05, 0.1) is 5.56 Å². The molecular formula is C20H30N2O3. The van der Waals surface area contributed by atoms with E-state index in [0.29, 0.717) is 23.3 Å². The molecule has 1 aromatic heterocycles. The van der Waals surface area contributed by atoms with Gasteiger partial charge in [-0.1, -0.05) is 13.8 Å². The number of furan rings is 1. The third-order valence-corrected chi connectivity index (χ3v) is 5.62. The number of likely N-dealkylation sites (tertiary alicyclic amines) is 2. The summed E-state index contributed by atoms with van der Waals surface area (Å²) in [6.45, 7) is 9.44. The van der Waals surface area contributed by atoms with Crippen LogP contribution in [0.3, 0.4) is 0 Å². The Morgan fingerprint density at radius 3 is 2.56 bits per heavy atom. The van der Waals surface area contributed by atoms with Crippen LogP contribution in [0.25, 0.3) is 0 Å². The second kappa shape index (κ2) is 7.63. The molecule has 0 saturated carbocycles. The van der Waals surface area contributed by atoms with Crippen LogP contribution in [0.2, 0.25) is 0 Å². The number of aryl methyl sites for hydroxylation is 1. The van der Waals surface area contributed by atoms with Crippen LogP contribution in [0.5, 0.6) is 0 Å². The van der Waals surface area contributed by atoms with E-state index in [0.717, 1.165) is 69.8 Å². The Morgan fingerprint density at radius 1 is 1.28 bits per heavy atom. The van der Waals surface area contributed by atoms with Gasteiger partial charge in [0.25, 0.3) is 5.91 Å². The van der Waals surface area contributed by atoms with Gasteiger partial charge in [-0.15, -0.1) is 0 Å². The van der Waals surface area contributed by atoms with Gasteiger partial charge < -0.3 is 14.2 Å². The zero-order chi connectivity index (χ0) is 18.0. The summed E-state index contributed by atoms with van der Waals surface area (Å²) in [5, 5.41) is 0. The molecule has 138 valence electrons. The van der Waals surface area contributed by atoms with E-state index in [4.69, 9.17) is 4.42 Å². The number of piperidine rings is 1. The Kier molecular flexibility index (Phi) is 5.50. The maximum atomic E-state index is 12.8. The van der Waals surface area contributed by atoms with Crippen LogP contribution in [0.4, 0.5) is 0 Å². The number of hydrogen-bond donors (Lipinski definition) is 0. The highest BCUT2D eigenvalue weighted by Crippen LogP contribution is 2.26. The molecule has 2 amide bonds. The predicted molar refractivity (Wildman–Crippen MR) is 96.6 cm³/mol. The van der Waals surface area contributed by atoms with Crippen molar-refractivity contribution >= 4 is 11.8 Å². The zero-order valence-electron chi connectivity index (χ0n) is 15.7. The monoisotopic (exact) mass is 346 g/mol. The largest absolute Gasteiger partial charge is 0.465 e. The molecule has 25 heavy (non-hydrogen) atoms. The summed E-state index contributed by atoms with van der Waals surface area (Å²) >= 11 is 0. The molecule has 5 nitrogen and oxygen atoms in total. The van der Waals surface area contributed by atoms with Crippen LogP contribution in [-0.4, -0.2) is 47.8 Å². The minimum Gasteiger partial charge on any atom is -0.465 e. The minimum absolute atomic E-state index is 0.0984. The Morgan fingerprint density at radius 2 is 2.00 bits per heavy atom. The van der Waals surface area contributed by atoms with E-state index in [1.165, 1.54) is 0 Å². The first-order valence-corrected chi connectivity index (χ1v) is 9.63. The van der Waals surface area contributed by atoms with Gasteiger partial charge in [-0.2, -0.15) is 0 Å². The van der Waals surface area contributed by atoms with Crippen molar-refractivity contribution in [3.8, 4) is 0 Å². The fourth-order valence-electron chi connectivity index (χ4n) is 3.88. The van der Waals surface area contributed by atoms with Crippen molar-refractivity contribution in [2.75, 3.05) is 26.2 Å². The van der Waals surface area contributed by atoms with Crippen molar-refractivity contribution in [1.29, 1.82) is 0 Å². The quantitative estimate of drug-likeness (QED) is 0.819. The molecular weight excluding hydrogens is 316 g/mol. The molecule has 1 aromatic rings. The smallest absolute Gasteiger partial charge is 0.257 e. The first-order chi connectivity index (χ1) is 12.0. The maximum Gasteiger partial charge on any atom is 0.257 e. The molecule has 0 aliphatic carbocycles. The van der Waals surface area contributed by atoms with Gasteiger partial charge >= 0.3 is 0 Å². The molecule has 2 fully saturated rings. The van der Waals surface area contributed by atoms with Crippen molar-refractivity contribution in [3.05, 3.63) is 23.2 Å². The van der Waals surface area contributed by atoms with Gasteiger partial charge in [-0.25, -0.2) is 0 Å². The van der Waals surface area contributed by atoms with Gasteiger partial charge in [0, 0.05) is 38.5 Å². The lowest BCUT2D eigenvalue weighted by Gasteiger charge is -2.32. The summed E-state index contributed by atoms with van der Waals surface area (Å²) in [5.74, 6) is 2.92. The van der Waals surface area contributed by atoms with E-state index in [9.17, 15) is 9.59 Å². The van der Waals surface area contributed by atoms with Crippen LogP contribution in [0, 0.1) is 12.8 Å². The minimum atomic E-state index is 0.0984. The highest BCUT2D eigenvalue weighted by atomic mass is 16.3. The van der Waals surface area contributed by atoms with E-state index in [-0.39, 0.29) is 5.91 Å². The molecule has 0 atom stereocenters. The van der Waals surface area contributed by atoms with Crippen LogP contribution < -0.4 is 0 Å². The van der Waals surface area contributed by atoms with Crippen molar-refractivity contribution < 1.29 is 14.0 Å². The number of nitrogens with zero attached hydrogens (tertiary/aromatic N) is 2. The predicted octanol–water partition coefficient (Wildman–Crippen LogP) is 3.58. The van der Waals surface area contributed by atoms with Crippen molar-refractivity contribution in [2.45, 2.75) is 58.8 Å². The Labute approximate surface area is 150 Å². The molecule has 2 saturated heterocycles. The molecule has 0 bridgehead atoms. The zero-order valence-corrected chi connectivity index (χ0v) is 15.7. The highest BCUT2D eigenvalue weighted by molar-refractivity contribution is 5.95. The standard InChI is InChI=1S/C20H30N2O3/c1-14(2)18-13-17(15(3)25-18)20(24)22-11-7-16(8-12-22)6-10-21-9-4-5-19(21)23/h13-14,16H,4-12H2,1-3H3. The molecule has 0 N–H and O–H groups in total. The van der Waals surface area contributed by atoms with Gasteiger partial charge in [0.15, 0.2) is 0 Å². The van der Waals surface area contributed by atoms with E-state index < -0.39 is 0 Å². The molecule has 0 radical (unpaired) electrons. The van der Waals surface area contributed by atoms with E-state index in [1.54, 1.807) is 0 Å². The van der Waals surface area contributed by atoms with Gasteiger partial charge in [0.2, 0.25) is 5.91 Å². The topological polar surface area (TPSA) is 53.8 Å². The SMILES string of the molecule is Cc1oc(C(C)C)cc1C(=O)N1CCC(CCN2CCCC2=O)CC1. The van der Waals surface area contributed by atoms with Crippen LogP contribution >= 0.6 is 0 Å². The molecule has 0 spiro atoms. The number of carbonyl (C=O) groups is 2. The molecule has 0 unspecified atom stereocenters. The van der Waals surface area contributed by atoms with E-state index in [1.807, 2.05) is 22.8 Å². The second-order valence-electron chi connectivity index (χ2n) is 7.78. The summed E-state index contributed by atoms with van der Waals surface area (Å²) in [5.41, 5.74) is 0.713. The van der Waals surface area contributed by atoms with Gasteiger partial charge in [0.1, 0.15) is 11.5 Å². The summed E-state index contributed by atoms with van der Waals surface area (Å²) in [7, 11) is 0. The molecule has 0 aromatic carbocycles. The maximum absolute atomic E-state index is 12.8. The second-order valence-corrected chi connectivity index (χ2v) is 7.78. The molecule has 2 aliphatic rings. The first kappa shape index (κ1) is 18.0. The summed E-state index contributed by atoms with van der Waals surface area (Å²) in [4.78, 5) is 28.4.